The van der Waals surface area contributed by atoms with Gasteiger partial charge in [-0.3, -0.25) is 4.99 Å². The zero-order valence-corrected chi connectivity index (χ0v) is 13.7. The number of nitrogens with zero attached hydrogens (tertiary/aromatic N) is 1. The highest BCUT2D eigenvalue weighted by Crippen LogP contribution is 2.31. The number of hydrogen-bond acceptors (Lipinski definition) is 4. The van der Waals surface area contributed by atoms with Gasteiger partial charge in [-0.1, -0.05) is 18.7 Å². The van der Waals surface area contributed by atoms with Crippen LogP contribution >= 0.6 is 11.8 Å². The van der Waals surface area contributed by atoms with E-state index in [0.29, 0.717) is 5.17 Å². The molecule has 0 aliphatic heterocycles. The molecule has 0 bridgehead atoms. The molecule has 0 radical (unpaired) electrons. The van der Waals surface area contributed by atoms with Crippen LogP contribution in [-0.4, -0.2) is 25.4 Å². The molecule has 1 aromatic carbocycles. The molecule has 0 aliphatic carbocycles. The predicted octanol–water partition coefficient (Wildman–Crippen LogP) is 3.36. The topological polar surface area (TPSA) is 56.8 Å². The molecule has 0 spiro atoms. The maximum Gasteiger partial charge on any atom is 0.161 e. The van der Waals surface area contributed by atoms with E-state index in [1.807, 2.05) is 12.1 Å². The highest BCUT2D eigenvalue weighted by atomic mass is 32.2. The Morgan fingerprint density at radius 3 is 2.45 bits per heavy atom. The van der Waals surface area contributed by atoms with Crippen molar-refractivity contribution in [2.45, 2.75) is 39.0 Å². The van der Waals surface area contributed by atoms with E-state index in [1.54, 1.807) is 26.0 Å². The standard InChI is InChI=1S/C15H24N2O2S/c1-6-11(3)17-15(16)20-9-12-8-14(19-5)13(18-4)7-10(12)2/h7-8,11H,6,9H2,1-5H3,(H2,16,17)/t11-/m0/s1. The number of ether oxygens (including phenoxy) is 2. The highest BCUT2D eigenvalue weighted by molar-refractivity contribution is 8.13. The summed E-state index contributed by atoms with van der Waals surface area (Å²) in [6, 6.07) is 4.25. The molecule has 0 aromatic heterocycles. The van der Waals surface area contributed by atoms with Crippen LogP contribution in [0, 0.1) is 6.92 Å². The van der Waals surface area contributed by atoms with Crippen LogP contribution in [0.3, 0.4) is 0 Å². The number of thioether (sulfide) groups is 1. The van der Waals surface area contributed by atoms with Gasteiger partial charge >= 0.3 is 0 Å². The quantitative estimate of drug-likeness (QED) is 0.646. The Balaban J connectivity index is 2.80. The molecule has 0 saturated heterocycles. The molecule has 0 saturated carbocycles. The monoisotopic (exact) mass is 296 g/mol. The zero-order chi connectivity index (χ0) is 15.1. The molecular weight excluding hydrogens is 272 g/mol. The van der Waals surface area contributed by atoms with Crippen molar-refractivity contribution in [3.05, 3.63) is 23.3 Å². The molecule has 112 valence electrons. The number of hydrogen-bond donors (Lipinski definition) is 1. The SMILES string of the molecule is CC[C@H](C)N=C(N)SCc1cc(OC)c(OC)cc1C. The second kappa shape index (κ2) is 8.04. The van der Waals surface area contributed by atoms with E-state index in [4.69, 9.17) is 15.2 Å². The first-order valence-electron chi connectivity index (χ1n) is 6.69. The maximum atomic E-state index is 5.93. The number of amidine groups is 1. The second-order valence-corrected chi connectivity index (χ2v) is 5.64. The molecule has 0 fully saturated rings. The Morgan fingerprint density at radius 2 is 1.90 bits per heavy atom. The van der Waals surface area contributed by atoms with Gasteiger partial charge in [0.05, 0.1) is 14.2 Å². The van der Waals surface area contributed by atoms with Crippen LogP contribution in [0.1, 0.15) is 31.4 Å². The summed E-state index contributed by atoms with van der Waals surface area (Å²) in [5.74, 6) is 2.27. The van der Waals surface area contributed by atoms with Gasteiger partial charge in [0.25, 0.3) is 0 Å². The summed E-state index contributed by atoms with van der Waals surface area (Å²) in [5, 5.41) is 0.633. The molecule has 0 heterocycles. The van der Waals surface area contributed by atoms with Crippen LogP contribution in [-0.2, 0) is 5.75 Å². The van der Waals surface area contributed by atoms with Crippen LogP contribution in [0.5, 0.6) is 11.5 Å². The molecule has 1 rings (SSSR count). The second-order valence-electron chi connectivity index (χ2n) is 4.65. The Labute approximate surface area is 125 Å². The van der Waals surface area contributed by atoms with Crippen molar-refractivity contribution in [1.29, 1.82) is 0 Å². The number of aryl methyl sites for hydroxylation is 1. The van der Waals surface area contributed by atoms with Gasteiger partial charge in [0, 0.05) is 11.8 Å². The number of methoxy groups -OCH3 is 2. The van der Waals surface area contributed by atoms with E-state index in [1.165, 1.54) is 5.56 Å². The maximum absolute atomic E-state index is 5.93. The van der Waals surface area contributed by atoms with Crippen molar-refractivity contribution < 1.29 is 9.47 Å². The first-order chi connectivity index (χ1) is 9.51. The molecular formula is C15H24N2O2S. The fraction of sp³-hybridized carbons (Fsp3) is 0.533. The van der Waals surface area contributed by atoms with Gasteiger partial charge in [-0.15, -0.1) is 0 Å². The minimum absolute atomic E-state index is 0.272. The molecule has 0 unspecified atom stereocenters. The zero-order valence-electron chi connectivity index (χ0n) is 12.9. The number of nitrogens with two attached hydrogens (primary N) is 1. The molecule has 0 amide bonds. The van der Waals surface area contributed by atoms with E-state index < -0.39 is 0 Å². The molecule has 4 nitrogen and oxygen atoms in total. The smallest absolute Gasteiger partial charge is 0.161 e. The summed E-state index contributed by atoms with van der Waals surface area (Å²) >= 11 is 1.55. The van der Waals surface area contributed by atoms with Crippen molar-refractivity contribution >= 4 is 16.9 Å². The third kappa shape index (κ3) is 4.63. The van der Waals surface area contributed by atoms with Crippen molar-refractivity contribution in [2.24, 2.45) is 10.7 Å². The number of aliphatic imine (C=N–C) groups is 1. The van der Waals surface area contributed by atoms with Crippen LogP contribution < -0.4 is 15.2 Å². The third-order valence-electron chi connectivity index (χ3n) is 3.16. The van der Waals surface area contributed by atoms with Crippen molar-refractivity contribution in [3.63, 3.8) is 0 Å². The van der Waals surface area contributed by atoms with E-state index in [0.717, 1.165) is 29.2 Å². The first kappa shape index (κ1) is 16.7. The summed E-state index contributed by atoms with van der Waals surface area (Å²) in [6.07, 6.45) is 0.997. The predicted molar refractivity (Wildman–Crippen MR) is 87.0 cm³/mol. The first-order valence-corrected chi connectivity index (χ1v) is 7.67. The van der Waals surface area contributed by atoms with Gasteiger partial charge in [0.2, 0.25) is 0 Å². The minimum Gasteiger partial charge on any atom is -0.493 e. The van der Waals surface area contributed by atoms with Crippen LogP contribution in [0.25, 0.3) is 0 Å². The fourth-order valence-electron chi connectivity index (χ4n) is 1.68. The van der Waals surface area contributed by atoms with Crippen LogP contribution in [0.2, 0.25) is 0 Å². The highest BCUT2D eigenvalue weighted by Gasteiger charge is 2.09. The third-order valence-corrected chi connectivity index (χ3v) is 4.01. The minimum atomic E-state index is 0.272. The average molecular weight is 296 g/mol. The molecule has 1 atom stereocenters. The average Bonchev–Trinajstić information content (AvgIpc) is 2.45. The van der Waals surface area contributed by atoms with Gasteiger partial charge in [-0.05, 0) is 43.5 Å². The van der Waals surface area contributed by atoms with Crippen molar-refractivity contribution in [1.82, 2.24) is 0 Å². The lowest BCUT2D eigenvalue weighted by Gasteiger charge is -2.12. The van der Waals surface area contributed by atoms with Gasteiger partial charge in [-0.2, -0.15) is 0 Å². The van der Waals surface area contributed by atoms with Gasteiger partial charge in [-0.25, -0.2) is 0 Å². The van der Waals surface area contributed by atoms with Gasteiger partial charge in [0.1, 0.15) is 0 Å². The molecule has 0 aliphatic rings. The summed E-state index contributed by atoms with van der Waals surface area (Å²) < 4.78 is 10.6. The molecule has 5 heteroatoms. The van der Waals surface area contributed by atoms with Crippen LogP contribution in [0.4, 0.5) is 0 Å². The largest absolute Gasteiger partial charge is 0.493 e. The summed E-state index contributed by atoms with van der Waals surface area (Å²) in [6.45, 7) is 6.22. The molecule has 2 N–H and O–H groups in total. The molecule has 20 heavy (non-hydrogen) atoms. The van der Waals surface area contributed by atoms with Gasteiger partial charge in [0.15, 0.2) is 16.7 Å². The number of benzene rings is 1. The Morgan fingerprint density at radius 1 is 1.30 bits per heavy atom. The lowest BCUT2D eigenvalue weighted by molar-refractivity contribution is 0.354. The summed E-state index contributed by atoms with van der Waals surface area (Å²) in [7, 11) is 3.28. The lowest BCUT2D eigenvalue weighted by atomic mass is 10.1. The van der Waals surface area contributed by atoms with E-state index >= 15 is 0 Å². The van der Waals surface area contributed by atoms with E-state index in [-0.39, 0.29) is 6.04 Å². The molecule has 1 aromatic rings. The lowest BCUT2D eigenvalue weighted by Crippen LogP contribution is -2.11. The summed E-state index contributed by atoms with van der Waals surface area (Å²) in [5.41, 5.74) is 8.27. The normalized spacial score (nSPS) is 13.2. The fourth-order valence-corrected chi connectivity index (χ4v) is 2.54. The Kier molecular flexibility index (Phi) is 6.71. The summed E-state index contributed by atoms with van der Waals surface area (Å²) in [4.78, 5) is 4.42. The van der Waals surface area contributed by atoms with Gasteiger partial charge < -0.3 is 15.2 Å². The van der Waals surface area contributed by atoms with Crippen molar-refractivity contribution in [2.75, 3.05) is 14.2 Å². The van der Waals surface area contributed by atoms with Crippen molar-refractivity contribution in [3.8, 4) is 11.5 Å². The van der Waals surface area contributed by atoms with E-state index in [9.17, 15) is 0 Å². The Bertz CT molecular complexity index is 475. The number of rotatable bonds is 6. The van der Waals surface area contributed by atoms with Crippen LogP contribution in [0.15, 0.2) is 17.1 Å². The Hall–Kier alpha value is -1.36. The van der Waals surface area contributed by atoms with E-state index in [2.05, 4.69) is 25.8 Å².